The highest BCUT2D eigenvalue weighted by atomic mass is 16.7. The van der Waals surface area contributed by atoms with E-state index in [1.165, 1.54) is 6.42 Å². The van der Waals surface area contributed by atoms with Gasteiger partial charge in [0.1, 0.15) is 6.79 Å². The molecule has 0 aromatic heterocycles. The Labute approximate surface area is 61.5 Å². The van der Waals surface area contributed by atoms with Gasteiger partial charge in [0.2, 0.25) is 0 Å². The van der Waals surface area contributed by atoms with E-state index in [1.54, 1.807) is 0 Å². The number of hydrogen-bond acceptors (Lipinski definition) is 2. The summed E-state index contributed by atoms with van der Waals surface area (Å²) >= 11 is 0. The van der Waals surface area contributed by atoms with Crippen LogP contribution in [0.5, 0.6) is 0 Å². The van der Waals surface area contributed by atoms with E-state index in [0.717, 1.165) is 0 Å². The lowest BCUT2D eigenvalue weighted by Gasteiger charge is -2.10. The lowest BCUT2D eigenvalue weighted by atomic mass is 10.1. The van der Waals surface area contributed by atoms with Crippen molar-refractivity contribution in [3.05, 3.63) is 0 Å². The monoisotopic (exact) mass is 142 g/mol. The fourth-order valence-electron chi connectivity index (χ4n) is 2.22. The molecular formula is C8H14O2. The molecule has 10 heavy (non-hydrogen) atoms. The molecule has 4 atom stereocenters. The summed E-state index contributed by atoms with van der Waals surface area (Å²) in [7, 11) is 0. The van der Waals surface area contributed by atoms with Gasteiger partial charge in [-0.15, -0.1) is 0 Å². The maximum atomic E-state index is 5.44. The summed E-state index contributed by atoms with van der Waals surface area (Å²) in [4.78, 5) is 0. The molecule has 2 fully saturated rings. The van der Waals surface area contributed by atoms with Gasteiger partial charge in [0.05, 0.1) is 12.2 Å². The Morgan fingerprint density at radius 2 is 1.50 bits per heavy atom. The Kier molecular flexibility index (Phi) is 1.46. The molecular weight excluding hydrogens is 128 g/mol. The molecule has 1 saturated heterocycles. The van der Waals surface area contributed by atoms with E-state index in [1.807, 2.05) is 0 Å². The molecule has 4 unspecified atom stereocenters. The van der Waals surface area contributed by atoms with Gasteiger partial charge in [-0.2, -0.15) is 0 Å². The van der Waals surface area contributed by atoms with E-state index in [-0.39, 0.29) is 0 Å². The molecule has 2 heteroatoms. The van der Waals surface area contributed by atoms with E-state index in [2.05, 4.69) is 13.8 Å². The summed E-state index contributed by atoms with van der Waals surface area (Å²) < 4.78 is 10.9. The first kappa shape index (κ1) is 6.62. The van der Waals surface area contributed by atoms with E-state index in [9.17, 15) is 0 Å². The van der Waals surface area contributed by atoms with E-state index < -0.39 is 0 Å². The number of hydrogen-bond donors (Lipinski definition) is 0. The van der Waals surface area contributed by atoms with Gasteiger partial charge < -0.3 is 9.47 Å². The number of fused-ring (bicyclic) bond motifs is 1. The Bertz CT molecular complexity index is 121. The quantitative estimate of drug-likeness (QED) is 0.509. The van der Waals surface area contributed by atoms with Crippen molar-refractivity contribution in [2.45, 2.75) is 32.5 Å². The van der Waals surface area contributed by atoms with Gasteiger partial charge >= 0.3 is 0 Å². The molecule has 1 saturated carbocycles. The molecule has 0 aromatic carbocycles. The highest BCUT2D eigenvalue weighted by Gasteiger charge is 2.43. The lowest BCUT2D eigenvalue weighted by molar-refractivity contribution is 0.0115. The topological polar surface area (TPSA) is 18.5 Å². The van der Waals surface area contributed by atoms with Crippen molar-refractivity contribution in [3.8, 4) is 0 Å². The van der Waals surface area contributed by atoms with Gasteiger partial charge in [-0.1, -0.05) is 13.8 Å². The third-order valence-corrected chi connectivity index (χ3v) is 2.71. The Morgan fingerprint density at radius 3 is 2.00 bits per heavy atom. The minimum atomic E-state index is 0.398. The first-order valence-corrected chi connectivity index (χ1v) is 4.02. The molecule has 0 radical (unpaired) electrons. The van der Waals surface area contributed by atoms with Crippen LogP contribution in [0.15, 0.2) is 0 Å². The lowest BCUT2D eigenvalue weighted by Crippen LogP contribution is -2.22. The van der Waals surface area contributed by atoms with Gasteiger partial charge in [0.15, 0.2) is 0 Å². The van der Waals surface area contributed by atoms with E-state index in [4.69, 9.17) is 9.47 Å². The smallest absolute Gasteiger partial charge is 0.147 e. The van der Waals surface area contributed by atoms with Gasteiger partial charge in [0.25, 0.3) is 0 Å². The van der Waals surface area contributed by atoms with Gasteiger partial charge in [-0.3, -0.25) is 0 Å². The van der Waals surface area contributed by atoms with Crippen LogP contribution in [0.3, 0.4) is 0 Å². The van der Waals surface area contributed by atoms with Crippen LogP contribution in [0.2, 0.25) is 0 Å². The van der Waals surface area contributed by atoms with Gasteiger partial charge in [-0.05, 0) is 18.3 Å². The molecule has 2 nitrogen and oxygen atoms in total. The second kappa shape index (κ2) is 2.21. The summed E-state index contributed by atoms with van der Waals surface area (Å²) in [6.07, 6.45) is 2.06. The third kappa shape index (κ3) is 0.789. The Hall–Kier alpha value is -0.0800. The second-order valence-electron chi connectivity index (χ2n) is 3.57. The third-order valence-electron chi connectivity index (χ3n) is 2.71. The van der Waals surface area contributed by atoms with Crippen molar-refractivity contribution >= 4 is 0 Å². The molecule has 0 spiro atoms. The first-order valence-electron chi connectivity index (χ1n) is 4.02. The minimum absolute atomic E-state index is 0.398. The number of ether oxygens (including phenoxy) is 2. The van der Waals surface area contributed by atoms with Crippen molar-refractivity contribution in [2.24, 2.45) is 11.8 Å². The molecule has 0 N–H and O–H groups in total. The maximum Gasteiger partial charge on any atom is 0.147 e. The normalized spacial score (nSPS) is 53.4. The highest BCUT2D eigenvalue weighted by Crippen LogP contribution is 2.38. The maximum absolute atomic E-state index is 5.44. The number of rotatable bonds is 0. The van der Waals surface area contributed by atoms with Crippen LogP contribution in [-0.2, 0) is 9.47 Å². The predicted octanol–water partition coefficient (Wildman–Crippen LogP) is 1.40. The Balaban J connectivity index is 2.11. The molecule has 1 aliphatic carbocycles. The molecule has 1 aliphatic heterocycles. The van der Waals surface area contributed by atoms with Crippen molar-refractivity contribution < 1.29 is 9.47 Å². The minimum Gasteiger partial charge on any atom is -0.349 e. The average molecular weight is 142 g/mol. The molecule has 0 amide bonds. The van der Waals surface area contributed by atoms with Crippen LogP contribution < -0.4 is 0 Å². The summed E-state index contributed by atoms with van der Waals surface area (Å²) in [6, 6.07) is 0. The van der Waals surface area contributed by atoms with Crippen LogP contribution in [0, 0.1) is 11.8 Å². The van der Waals surface area contributed by atoms with E-state index in [0.29, 0.717) is 30.8 Å². The van der Waals surface area contributed by atoms with Crippen LogP contribution in [0.1, 0.15) is 20.3 Å². The summed E-state index contributed by atoms with van der Waals surface area (Å²) in [6.45, 7) is 5.01. The fraction of sp³-hybridized carbons (Fsp3) is 1.00. The summed E-state index contributed by atoms with van der Waals surface area (Å²) in [5, 5.41) is 0. The van der Waals surface area contributed by atoms with Crippen LogP contribution >= 0.6 is 0 Å². The van der Waals surface area contributed by atoms with Crippen molar-refractivity contribution in [3.63, 3.8) is 0 Å². The molecule has 58 valence electrons. The SMILES string of the molecule is CC1CC(C)C2OCOC12. The zero-order valence-electron chi connectivity index (χ0n) is 6.54. The summed E-state index contributed by atoms with van der Waals surface area (Å²) in [5.74, 6) is 1.39. The van der Waals surface area contributed by atoms with Crippen LogP contribution in [0.25, 0.3) is 0 Å². The zero-order valence-corrected chi connectivity index (χ0v) is 6.54. The summed E-state index contributed by atoms with van der Waals surface area (Å²) in [5.41, 5.74) is 0. The van der Waals surface area contributed by atoms with Crippen LogP contribution in [0.4, 0.5) is 0 Å². The zero-order chi connectivity index (χ0) is 7.14. The first-order chi connectivity index (χ1) is 4.79. The molecule has 2 rings (SSSR count). The molecule has 1 heterocycles. The van der Waals surface area contributed by atoms with Gasteiger partial charge in [0, 0.05) is 0 Å². The van der Waals surface area contributed by atoms with Crippen molar-refractivity contribution in [2.75, 3.05) is 6.79 Å². The average Bonchev–Trinajstić information content (AvgIpc) is 2.39. The molecule has 0 aromatic rings. The van der Waals surface area contributed by atoms with Crippen LogP contribution in [-0.4, -0.2) is 19.0 Å². The fourth-order valence-corrected chi connectivity index (χ4v) is 2.22. The van der Waals surface area contributed by atoms with Crippen molar-refractivity contribution in [1.29, 1.82) is 0 Å². The predicted molar refractivity (Wildman–Crippen MR) is 37.6 cm³/mol. The molecule has 0 bridgehead atoms. The highest BCUT2D eigenvalue weighted by molar-refractivity contribution is 4.91. The van der Waals surface area contributed by atoms with Gasteiger partial charge in [-0.25, -0.2) is 0 Å². The standard InChI is InChI=1S/C8H14O2/c1-5-3-6(2)8-7(5)9-4-10-8/h5-8H,3-4H2,1-2H3. The van der Waals surface area contributed by atoms with Crippen molar-refractivity contribution in [1.82, 2.24) is 0 Å². The van der Waals surface area contributed by atoms with E-state index >= 15 is 0 Å². The molecule has 2 aliphatic rings. The Morgan fingerprint density at radius 1 is 1.00 bits per heavy atom. The largest absolute Gasteiger partial charge is 0.349 e. The second-order valence-corrected chi connectivity index (χ2v) is 3.57.